The fourth-order valence-corrected chi connectivity index (χ4v) is 1.88. The van der Waals surface area contributed by atoms with E-state index in [1.54, 1.807) is 4.90 Å². The van der Waals surface area contributed by atoms with E-state index in [0.29, 0.717) is 13.1 Å². The SMILES string of the molecule is CC(C)(C)OC(=O)N1CC=C(c2ccccc2)C1. The van der Waals surface area contributed by atoms with Gasteiger partial charge >= 0.3 is 6.09 Å². The molecule has 0 spiro atoms. The molecule has 1 amide bonds. The van der Waals surface area contributed by atoms with Crippen molar-refractivity contribution >= 4 is 11.7 Å². The van der Waals surface area contributed by atoms with Crippen molar-refractivity contribution in [3.63, 3.8) is 0 Å². The molecule has 0 atom stereocenters. The number of carbonyl (C=O) groups is 1. The summed E-state index contributed by atoms with van der Waals surface area (Å²) in [7, 11) is 0. The third-order valence-corrected chi connectivity index (χ3v) is 2.72. The standard InChI is InChI=1S/C15H19NO2/c1-15(2,3)18-14(17)16-10-9-13(11-16)12-7-5-4-6-8-12/h4-9H,10-11H2,1-3H3. The van der Waals surface area contributed by atoms with Crippen molar-refractivity contribution in [1.82, 2.24) is 4.90 Å². The molecule has 0 aromatic heterocycles. The summed E-state index contributed by atoms with van der Waals surface area (Å²) < 4.78 is 5.36. The van der Waals surface area contributed by atoms with Gasteiger partial charge in [-0.1, -0.05) is 36.4 Å². The predicted molar refractivity (Wildman–Crippen MR) is 72.2 cm³/mol. The maximum absolute atomic E-state index is 11.9. The summed E-state index contributed by atoms with van der Waals surface area (Å²) in [5.41, 5.74) is 1.91. The molecule has 0 saturated heterocycles. The first-order valence-electron chi connectivity index (χ1n) is 6.18. The monoisotopic (exact) mass is 245 g/mol. The zero-order valence-corrected chi connectivity index (χ0v) is 11.1. The quantitative estimate of drug-likeness (QED) is 0.759. The van der Waals surface area contributed by atoms with Gasteiger partial charge in [0.15, 0.2) is 0 Å². The lowest BCUT2D eigenvalue weighted by molar-refractivity contribution is 0.0306. The minimum Gasteiger partial charge on any atom is -0.444 e. The van der Waals surface area contributed by atoms with Crippen LogP contribution in [0.4, 0.5) is 4.79 Å². The highest BCUT2D eigenvalue weighted by Gasteiger charge is 2.25. The fraction of sp³-hybridized carbons (Fsp3) is 0.400. The molecule has 0 bridgehead atoms. The molecule has 0 fully saturated rings. The Morgan fingerprint density at radius 2 is 1.89 bits per heavy atom. The van der Waals surface area contributed by atoms with Gasteiger partial charge in [-0.2, -0.15) is 0 Å². The van der Waals surface area contributed by atoms with Crippen LogP contribution in [0.1, 0.15) is 26.3 Å². The highest BCUT2D eigenvalue weighted by atomic mass is 16.6. The Kier molecular flexibility index (Phi) is 3.41. The first-order chi connectivity index (χ1) is 8.46. The number of rotatable bonds is 1. The van der Waals surface area contributed by atoms with Gasteiger partial charge < -0.3 is 9.64 Å². The van der Waals surface area contributed by atoms with Gasteiger partial charge in [0.25, 0.3) is 0 Å². The lowest BCUT2D eigenvalue weighted by atomic mass is 10.1. The second kappa shape index (κ2) is 4.84. The fourth-order valence-electron chi connectivity index (χ4n) is 1.88. The van der Waals surface area contributed by atoms with E-state index in [2.05, 4.69) is 18.2 Å². The number of benzene rings is 1. The largest absolute Gasteiger partial charge is 0.444 e. The first kappa shape index (κ1) is 12.7. The van der Waals surface area contributed by atoms with Crippen molar-refractivity contribution in [3.05, 3.63) is 42.0 Å². The van der Waals surface area contributed by atoms with Crippen LogP contribution in [-0.4, -0.2) is 29.7 Å². The molecule has 1 aliphatic rings. The molecule has 0 N–H and O–H groups in total. The Bertz CT molecular complexity index is 457. The van der Waals surface area contributed by atoms with E-state index in [-0.39, 0.29) is 6.09 Å². The average Bonchev–Trinajstić information content (AvgIpc) is 2.77. The highest BCUT2D eigenvalue weighted by molar-refractivity contribution is 5.77. The molecular formula is C15H19NO2. The van der Waals surface area contributed by atoms with Crippen LogP contribution in [-0.2, 0) is 4.74 Å². The number of nitrogens with zero attached hydrogens (tertiary/aromatic N) is 1. The number of ether oxygens (including phenoxy) is 1. The smallest absolute Gasteiger partial charge is 0.410 e. The third-order valence-electron chi connectivity index (χ3n) is 2.72. The van der Waals surface area contributed by atoms with Crippen LogP contribution < -0.4 is 0 Å². The topological polar surface area (TPSA) is 29.5 Å². The lowest BCUT2D eigenvalue weighted by Crippen LogP contribution is -2.35. The minimum atomic E-state index is -0.438. The maximum Gasteiger partial charge on any atom is 0.410 e. The lowest BCUT2D eigenvalue weighted by Gasteiger charge is -2.24. The highest BCUT2D eigenvalue weighted by Crippen LogP contribution is 2.22. The summed E-state index contributed by atoms with van der Waals surface area (Å²) in [4.78, 5) is 13.6. The van der Waals surface area contributed by atoms with Crippen molar-refractivity contribution < 1.29 is 9.53 Å². The summed E-state index contributed by atoms with van der Waals surface area (Å²) in [6.45, 7) is 6.89. The van der Waals surface area contributed by atoms with Gasteiger partial charge in [-0.15, -0.1) is 0 Å². The Balaban J connectivity index is 1.98. The van der Waals surface area contributed by atoms with Gasteiger partial charge in [-0.25, -0.2) is 4.79 Å². The van der Waals surface area contributed by atoms with Gasteiger partial charge in [-0.05, 0) is 31.9 Å². The Labute approximate surface area is 108 Å². The molecule has 1 aliphatic heterocycles. The van der Waals surface area contributed by atoms with E-state index >= 15 is 0 Å². The molecule has 0 aliphatic carbocycles. The van der Waals surface area contributed by atoms with Crippen molar-refractivity contribution in [2.45, 2.75) is 26.4 Å². The predicted octanol–water partition coefficient (Wildman–Crippen LogP) is 3.32. The van der Waals surface area contributed by atoms with Crippen LogP contribution in [0.25, 0.3) is 5.57 Å². The van der Waals surface area contributed by atoms with Gasteiger partial charge in [0.05, 0.1) is 0 Å². The van der Waals surface area contributed by atoms with Crippen molar-refractivity contribution in [1.29, 1.82) is 0 Å². The molecule has 3 heteroatoms. The van der Waals surface area contributed by atoms with Gasteiger partial charge in [0.1, 0.15) is 5.60 Å². The van der Waals surface area contributed by atoms with E-state index in [4.69, 9.17) is 4.74 Å². The summed E-state index contributed by atoms with van der Waals surface area (Å²) in [6.07, 6.45) is 1.84. The van der Waals surface area contributed by atoms with Crippen LogP contribution in [0, 0.1) is 0 Å². The molecule has 1 aromatic rings. The molecule has 0 radical (unpaired) electrons. The van der Waals surface area contributed by atoms with Crippen LogP contribution in [0.2, 0.25) is 0 Å². The van der Waals surface area contributed by atoms with E-state index in [9.17, 15) is 4.79 Å². The number of carbonyl (C=O) groups excluding carboxylic acids is 1. The summed E-state index contributed by atoms with van der Waals surface area (Å²) in [5.74, 6) is 0. The summed E-state index contributed by atoms with van der Waals surface area (Å²) >= 11 is 0. The van der Waals surface area contributed by atoms with Gasteiger partial charge in [0, 0.05) is 13.1 Å². The maximum atomic E-state index is 11.9. The Morgan fingerprint density at radius 3 is 2.50 bits per heavy atom. The van der Waals surface area contributed by atoms with Crippen LogP contribution >= 0.6 is 0 Å². The van der Waals surface area contributed by atoms with Crippen molar-refractivity contribution in [2.24, 2.45) is 0 Å². The molecule has 18 heavy (non-hydrogen) atoms. The first-order valence-corrected chi connectivity index (χ1v) is 6.18. The van der Waals surface area contributed by atoms with Crippen molar-refractivity contribution in [2.75, 3.05) is 13.1 Å². The van der Waals surface area contributed by atoms with Crippen molar-refractivity contribution in [3.8, 4) is 0 Å². The molecule has 0 saturated carbocycles. The molecular weight excluding hydrogens is 226 g/mol. The summed E-state index contributed by atoms with van der Waals surface area (Å²) in [5, 5.41) is 0. The van der Waals surface area contributed by atoms with E-state index < -0.39 is 5.60 Å². The number of hydrogen-bond donors (Lipinski definition) is 0. The molecule has 1 aromatic carbocycles. The van der Waals surface area contributed by atoms with Crippen LogP contribution in [0.15, 0.2) is 36.4 Å². The third kappa shape index (κ3) is 3.13. The zero-order chi connectivity index (χ0) is 13.2. The second-order valence-electron chi connectivity index (χ2n) is 5.46. The summed E-state index contributed by atoms with van der Waals surface area (Å²) in [6, 6.07) is 10.1. The van der Waals surface area contributed by atoms with E-state index in [1.165, 1.54) is 11.1 Å². The molecule has 0 unspecified atom stereocenters. The van der Waals surface area contributed by atoms with Crippen LogP contribution in [0.3, 0.4) is 0 Å². The molecule has 2 rings (SSSR count). The van der Waals surface area contributed by atoms with Gasteiger partial charge in [-0.3, -0.25) is 0 Å². The van der Waals surface area contributed by atoms with Gasteiger partial charge in [0.2, 0.25) is 0 Å². The molecule has 1 heterocycles. The zero-order valence-electron chi connectivity index (χ0n) is 11.1. The van der Waals surface area contributed by atoms with E-state index in [1.807, 2.05) is 39.0 Å². The average molecular weight is 245 g/mol. The minimum absolute atomic E-state index is 0.246. The Hall–Kier alpha value is -1.77. The normalized spacial score (nSPS) is 15.5. The molecule has 96 valence electrons. The number of amides is 1. The Morgan fingerprint density at radius 1 is 1.22 bits per heavy atom. The second-order valence-corrected chi connectivity index (χ2v) is 5.46. The molecule has 3 nitrogen and oxygen atoms in total. The number of hydrogen-bond acceptors (Lipinski definition) is 2. The van der Waals surface area contributed by atoms with E-state index in [0.717, 1.165) is 0 Å². The van der Waals surface area contributed by atoms with Crippen LogP contribution in [0.5, 0.6) is 0 Å².